The average molecular weight is 499 g/mol. The summed E-state index contributed by atoms with van der Waals surface area (Å²) in [5, 5.41) is 0. The van der Waals surface area contributed by atoms with Crippen LogP contribution in [-0.2, 0) is 0 Å². The van der Waals surface area contributed by atoms with E-state index in [1.807, 2.05) is 22.7 Å². The van der Waals surface area contributed by atoms with E-state index in [1.165, 1.54) is 64.0 Å². The topological polar surface area (TPSA) is 0 Å². The normalized spacial score (nSPS) is 11.1. The molecule has 0 radical (unpaired) electrons. The second-order valence-corrected chi connectivity index (χ2v) is 11.7. The van der Waals surface area contributed by atoms with Crippen molar-refractivity contribution in [2.45, 2.75) is 13.8 Å². The van der Waals surface area contributed by atoms with Gasteiger partial charge in [-0.2, -0.15) is 0 Å². The van der Waals surface area contributed by atoms with Gasteiger partial charge in [0.1, 0.15) is 0 Å². The molecule has 0 amide bonds. The van der Waals surface area contributed by atoms with Gasteiger partial charge in [0.05, 0.1) is 0 Å². The molecule has 0 atom stereocenters. The van der Waals surface area contributed by atoms with E-state index >= 15 is 0 Å². The molecule has 2 heteroatoms. The van der Waals surface area contributed by atoms with Crippen molar-refractivity contribution in [3.05, 3.63) is 131 Å². The maximum atomic E-state index is 2.22. The molecule has 0 bridgehead atoms. The fourth-order valence-corrected chi connectivity index (χ4v) is 6.29. The molecular weight excluding hydrogens is 473 g/mol. The molecule has 0 nitrogen and oxygen atoms in total. The Kier molecular flexibility index (Phi) is 6.14. The Balaban J connectivity index is 1.17. The molecule has 0 aliphatic carbocycles. The number of aryl methyl sites for hydroxylation is 2. The second kappa shape index (κ2) is 9.73. The van der Waals surface area contributed by atoms with E-state index in [0.717, 1.165) is 0 Å². The SMILES string of the molecule is Cc1ccc(-c2ccc(-c3ccc(-c4ccc(-c5ccc(-c6ccc(C)s6)cc5)cc4)cc3)cc2)s1. The summed E-state index contributed by atoms with van der Waals surface area (Å²) in [4.78, 5) is 5.34. The summed E-state index contributed by atoms with van der Waals surface area (Å²) in [5.74, 6) is 0. The van der Waals surface area contributed by atoms with Crippen LogP contribution in [-0.4, -0.2) is 0 Å². The number of benzene rings is 4. The van der Waals surface area contributed by atoms with E-state index < -0.39 is 0 Å². The predicted octanol–water partition coefficient (Wildman–Crippen LogP) is 10.8. The van der Waals surface area contributed by atoms with Gasteiger partial charge in [0.15, 0.2) is 0 Å². The van der Waals surface area contributed by atoms with Crippen LogP contribution in [0.1, 0.15) is 9.75 Å². The molecule has 0 unspecified atom stereocenters. The molecule has 0 saturated heterocycles. The molecule has 6 aromatic rings. The molecule has 2 aromatic heterocycles. The summed E-state index contributed by atoms with van der Waals surface area (Å²) in [6.07, 6.45) is 0. The predicted molar refractivity (Wildman–Crippen MR) is 159 cm³/mol. The first-order chi connectivity index (χ1) is 17.6. The van der Waals surface area contributed by atoms with Crippen LogP contribution in [0.25, 0.3) is 54.3 Å². The highest BCUT2D eigenvalue weighted by Crippen LogP contribution is 2.32. The van der Waals surface area contributed by atoms with Crippen molar-refractivity contribution < 1.29 is 0 Å². The Morgan fingerprint density at radius 2 is 0.500 bits per heavy atom. The van der Waals surface area contributed by atoms with Crippen molar-refractivity contribution in [1.29, 1.82) is 0 Å². The highest BCUT2D eigenvalue weighted by molar-refractivity contribution is 7.15. The molecule has 0 spiro atoms. The van der Waals surface area contributed by atoms with E-state index in [9.17, 15) is 0 Å². The van der Waals surface area contributed by atoms with Crippen LogP contribution >= 0.6 is 22.7 Å². The molecule has 174 valence electrons. The van der Waals surface area contributed by atoms with Crippen molar-refractivity contribution in [3.63, 3.8) is 0 Å². The summed E-state index contributed by atoms with van der Waals surface area (Å²) in [6, 6.07) is 44.3. The number of rotatable bonds is 5. The maximum Gasteiger partial charge on any atom is 0.0345 e. The molecule has 2 heterocycles. The lowest BCUT2D eigenvalue weighted by atomic mass is 9.97. The van der Waals surface area contributed by atoms with E-state index in [1.54, 1.807) is 0 Å². The van der Waals surface area contributed by atoms with E-state index in [2.05, 4.69) is 135 Å². The molecule has 0 aliphatic heterocycles. The molecule has 0 fully saturated rings. The third-order valence-electron chi connectivity index (χ3n) is 6.59. The molecule has 4 aromatic carbocycles. The minimum Gasteiger partial charge on any atom is -0.141 e. The molecule has 0 saturated carbocycles. The fraction of sp³-hybridized carbons (Fsp3) is 0.0588. The van der Waals surface area contributed by atoms with Gasteiger partial charge >= 0.3 is 0 Å². The molecule has 0 N–H and O–H groups in total. The molecule has 36 heavy (non-hydrogen) atoms. The summed E-state index contributed by atoms with van der Waals surface area (Å²) >= 11 is 3.68. The van der Waals surface area contributed by atoms with Crippen LogP contribution in [0.3, 0.4) is 0 Å². The summed E-state index contributed by atoms with van der Waals surface area (Å²) in [6.45, 7) is 4.31. The smallest absolute Gasteiger partial charge is 0.0345 e. The van der Waals surface area contributed by atoms with Crippen LogP contribution in [0.4, 0.5) is 0 Å². The highest BCUT2D eigenvalue weighted by Gasteiger charge is 2.06. The first-order valence-corrected chi connectivity index (χ1v) is 13.8. The highest BCUT2D eigenvalue weighted by atomic mass is 32.1. The zero-order valence-corrected chi connectivity index (χ0v) is 22.0. The largest absolute Gasteiger partial charge is 0.141 e. The van der Waals surface area contributed by atoms with Crippen LogP contribution in [0, 0.1) is 13.8 Å². The number of hydrogen-bond acceptors (Lipinski definition) is 2. The van der Waals surface area contributed by atoms with Gasteiger partial charge in [0.2, 0.25) is 0 Å². The van der Waals surface area contributed by atoms with E-state index in [4.69, 9.17) is 0 Å². The summed E-state index contributed by atoms with van der Waals surface area (Å²) < 4.78 is 0. The van der Waals surface area contributed by atoms with Gasteiger partial charge in [0, 0.05) is 19.5 Å². The standard InChI is InChI=1S/C34H26S2/c1-23-3-21-33(35-23)31-17-13-29(14-18-31)27-9-5-25(6-10-27)26-7-11-28(12-8-26)30-15-19-32(20-16-30)34-22-4-24(2)36-34/h3-22H,1-2H3. The Hall–Kier alpha value is -3.72. The molecule has 0 aliphatic rings. The second-order valence-electron chi connectivity index (χ2n) is 9.13. The van der Waals surface area contributed by atoms with Gasteiger partial charge in [-0.3, -0.25) is 0 Å². The van der Waals surface area contributed by atoms with E-state index in [-0.39, 0.29) is 0 Å². The van der Waals surface area contributed by atoms with Crippen molar-refractivity contribution >= 4 is 22.7 Å². The zero-order valence-electron chi connectivity index (χ0n) is 20.4. The van der Waals surface area contributed by atoms with Crippen molar-refractivity contribution in [3.8, 4) is 54.3 Å². The fourth-order valence-electron chi connectivity index (χ4n) is 4.54. The zero-order chi connectivity index (χ0) is 24.5. The lowest BCUT2D eigenvalue weighted by Gasteiger charge is -2.08. The van der Waals surface area contributed by atoms with Gasteiger partial charge in [-0.05, 0) is 82.6 Å². The Morgan fingerprint density at radius 3 is 0.694 bits per heavy atom. The van der Waals surface area contributed by atoms with Crippen molar-refractivity contribution in [2.24, 2.45) is 0 Å². The van der Waals surface area contributed by atoms with Crippen LogP contribution in [0.15, 0.2) is 121 Å². The Labute approximate surface area is 221 Å². The first-order valence-electron chi connectivity index (χ1n) is 12.2. The van der Waals surface area contributed by atoms with E-state index in [0.29, 0.717) is 0 Å². The van der Waals surface area contributed by atoms with Gasteiger partial charge in [0.25, 0.3) is 0 Å². The van der Waals surface area contributed by atoms with Gasteiger partial charge < -0.3 is 0 Å². The maximum absolute atomic E-state index is 2.22. The third kappa shape index (κ3) is 4.70. The molecule has 6 rings (SSSR count). The van der Waals surface area contributed by atoms with Gasteiger partial charge in [-0.15, -0.1) is 22.7 Å². The monoisotopic (exact) mass is 498 g/mol. The lowest BCUT2D eigenvalue weighted by molar-refractivity contribution is 1.57. The van der Waals surface area contributed by atoms with Crippen molar-refractivity contribution in [1.82, 2.24) is 0 Å². The van der Waals surface area contributed by atoms with Crippen LogP contribution in [0.2, 0.25) is 0 Å². The first kappa shape index (κ1) is 22.7. The average Bonchev–Trinajstić information content (AvgIpc) is 3.57. The quantitative estimate of drug-likeness (QED) is 0.222. The summed E-state index contributed by atoms with van der Waals surface area (Å²) in [7, 11) is 0. The third-order valence-corrected chi connectivity index (χ3v) is 8.69. The Bertz CT molecular complexity index is 1470. The van der Waals surface area contributed by atoms with Crippen LogP contribution in [0.5, 0.6) is 0 Å². The minimum atomic E-state index is 1.24. The van der Waals surface area contributed by atoms with Crippen molar-refractivity contribution in [2.75, 3.05) is 0 Å². The Morgan fingerprint density at radius 1 is 0.278 bits per heavy atom. The lowest BCUT2D eigenvalue weighted by Crippen LogP contribution is -1.83. The minimum absolute atomic E-state index is 1.24. The molecular formula is C34H26S2. The number of hydrogen-bond donors (Lipinski definition) is 0. The van der Waals surface area contributed by atoms with Crippen LogP contribution < -0.4 is 0 Å². The number of thiophene rings is 2. The van der Waals surface area contributed by atoms with Gasteiger partial charge in [-0.25, -0.2) is 0 Å². The van der Waals surface area contributed by atoms with Gasteiger partial charge in [-0.1, -0.05) is 97.1 Å². The summed E-state index contributed by atoms with van der Waals surface area (Å²) in [5.41, 5.74) is 10.0.